The van der Waals surface area contributed by atoms with Gasteiger partial charge in [-0.2, -0.15) is 0 Å². The number of hydrogen-bond donors (Lipinski definition) is 0. The molecule has 0 aliphatic heterocycles. The predicted octanol–water partition coefficient (Wildman–Crippen LogP) is 2.59. The Morgan fingerprint density at radius 1 is 1.08 bits per heavy atom. The quantitative estimate of drug-likeness (QED) is 0.402. The fraction of sp³-hybridized carbons (Fsp3) is 0.263. The maximum Gasteiger partial charge on any atom is 0.332 e. The van der Waals surface area contributed by atoms with E-state index in [1.165, 1.54) is 23.4 Å². The lowest BCUT2D eigenvalue weighted by molar-refractivity contribution is 0.703. The Morgan fingerprint density at radius 2 is 1.73 bits per heavy atom. The highest BCUT2D eigenvalue weighted by Gasteiger charge is 2.18. The molecule has 0 saturated carbocycles. The van der Waals surface area contributed by atoms with E-state index in [0.717, 1.165) is 21.3 Å². The first-order valence-electron chi connectivity index (χ1n) is 8.13. The number of benzene rings is 1. The Hall–Kier alpha value is -2.67. The van der Waals surface area contributed by atoms with Gasteiger partial charge < -0.3 is 0 Å². The highest BCUT2D eigenvalue weighted by Crippen LogP contribution is 2.27. The van der Waals surface area contributed by atoms with Crippen molar-refractivity contribution in [3.63, 3.8) is 0 Å². The minimum atomic E-state index is -0.410. The molecule has 0 spiro atoms. The van der Waals surface area contributed by atoms with Gasteiger partial charge in [-0.05, 0) is 26.0 Å². The molecule has 0 amide bonds. The third-order valence-corrected chi connectivity index (χ3v) is 5.06. The Morgan fingerprint density at radius 3 is 2.35 bits per heavy atom. The van der Waals surface area contributed by atoms with Gasteiger partial charge >= 0.3 is 5.69 Å². The van der Waals surface area contributed by atoms with Gasteiger partial charge in [0.2, 0.25) is 0 Å². The summed E-state index contributed by atoms with van der Waals surface area (Å²) < 4.78 is 2.47. The molecule has 0 fully saturated rings. The molecule has 2 aromatic heterocycles. The Bertz CT molecular complexity index is 1120. The van der Waals surface area contributed by atoms with E-state index in [9.17, 15) is 9.59 Å². The highest BCUT2D eigenvalue weighted by molar-refractivity contribution is 7.99. The summed E-state index contributed by atoms with van der Waals surface area (Å²) in [6.45, 7) is 7.75. The normalized spacial score (nSPS) is 11.1. The zero-order valence-electron chi connectivity index (χ0n) is 15.2. The number of aryl methyl sites for hydroxylation is 3. The highest BCUT2D eigenvalue weighted by atomic mass is 32.2. The molecule has 0 aliphatic rings. The number of fused-ring (bicyclic) bond motifs is 1. The maximum absolute atomic E-state index is 12.7. The summed E-state index contributed by atoms with van der Waals surface area (Å²) in [4.78, 5) is 34.2. The van der Waals surface area contributed by atoms with Crippen LogP contribution in [0.15, 0.2) is 45.5 Å². The van der Waals surface area contributed by atoms with Crippen LogP contribution < -0.4 is 11.2 Å². The Kier molecular flexibility index (Phi) is 4.82. The van der Waals surface area contributed by atoms with Crippen LogP contribution >= 0.6 is 11.8 Å². The topological polar surface area (TPSA) is 69.8 Å². The van der Waals surface area contributed by atoms with Gasteiger partial charge in [0.1, 0.15) is 10.4 Å². The first-order valence-corrected chi connectivity index (χ1v) is 9.12. The van der Waals surface area contributed by atoms with Crippen LogP contribution in [0.3, 0.4) is 0 Å². The summed E-state index contributed by atoms with van der Waals surface area (Å²) in [6.07, 6.45) is 1.75. The smallest absolute Gasteiger partial charge is 0.280 e. The molecule has 0 atom stereocenters. The van der Waals surface area contributed by atoms with E-state index < -0.39 is 5.69 Å². The summed E-state index contributed by atoms with van der Waals surface area (Å²) in [5, 5.41) is 0.912. The van der Waals surface area contributed by atoms with Crippen molar-refractivity contribution < 1.29 is 0 Å². The Labute approximate surface area is 155 Å². The van der Waals surface area contributed by atoms with Crippen molar-refractivity contribution in [2.24, 2.45) is 14.1 Å². The third-order valence-electron chi connectivity index (χ3n) is 4.08. The molecule has 1 aromatic carbocycles. The van der Waals surface area contributed by atoms with E-state index in [-0.39, 0.29) is 5.56 Å². The molecule has 3 aromatic rings. The number of nitrogens with zero attached hydrogens (tertiary/aromatic N) is 4. The van der Waals surface area contributed by atoms with Crippen LogP contribution in [-0.2, 0) is 14.1 Å². The van der Waals surface area contributed by atoms with Crippen molar-refractivity contribution in [3.05, 3.63) is 62.8 Å². The number of aromatic nitrogens is 4. The van der Waals surface area contributed by atoms with Gasteiger partial charge in [0, 0.05) is 25.4 Å². The standard InChI is InChI=1S/C19H20N4O2S/c1-6-7-26-17-14-16(22(4)19(25)23(5)18(14)24)20-15(21-17)13-9-11(2)8-12(3)10-13/h6,8-10H,1,7H2,2-5H3. The summed E-state index contributed by atoms with van der Waals surface area (Å²) >= 11 is 1.41. The lowest BCUT2D eigenvalue weighted by Gasteiger charge is -2.12. The molecule has 0 N–H and O–H groups in total. The number of rotatable bonds is 4. The zero-order valence-corrected chi connectivity index (χ0v) is 16.1. The van der Waals surface area contributed by atoms with Gasteiger partial charge in [-0.25, -0.2) is 14.8 Å². The van der Waals surface area contributed by atoms with Gasteiger partial charge in [0.15, 0.2) is 11.5 Å². The average molecular weight is 368 g/mol. The van der Waals surface area contributed by atoms with Crippen molar-refractivity contribution in [1.82, 2.24) is 19.1 Å². The van der Waals surface area contributed by atoms with Gasteiger partial charge in [-0.15, -0.1) is 18.3 Å². The molecule has 7 heteroatoms. The van der Waals surface area contributed by atoms with Crippen LogP contribution in [0, 0.1) is 13.8 Å². The molecule has 0 radical (unpaired) electrons. The lowest BCUT2D eigenvalue weighted by atomic mass is 10.1. The molecule has 0 saturated heterocycles. The maximum atomic E-state index is 12.7. The molecule has 0 aliphatic carbocycles. The fourth-order valence-corrected chi connectivity index (χ4v) is 3.65. The molecular formula is C19H20N4O2S. The molecule has 134 valence electrons. The second-order valence-electron chi connectivity index (χ2n) is 6.23. The average Bonchev–Trinajstić information content (AvgIpc) is 2.61. The molecule has 6 nitrogen and oxygen atoms in total. The van der Waals surface area contributed by atoms with Crippen LogP contribution in [-0.4, -0.2) is 24.9 Å². The summed E-state index contributed by atoms with van der Waals surface area (Å²) in [5.74, 6) is 1.10. The van der Waals surface area contributed by atoms with Crippen LogP contribution in [0.4, 0.5) is 0 Å². The second-order valence-corrected chi connectivity index (χ2v) is 7.24. The van der Waals surface area contributed by atoms with Gasteiger partial charge in [-0.1, -0.05) is 23.3 Å². The molecule has 26 heavy (non-hydrogen) atoms. The van der Waals surface area contributed by atoms with Gasteiger partial charge in [0.05, 0.1) is 0 Å². The fourth-order valence-electron chi connectivity index (χ4n) is 2.90. The molecule has 0 unspecified atom stereocenters. The monoisotopic (exact) mass is 368 g/mol. The van der Waals surface area contributed by atoms with Gasteiger partial charge in [-0.3, -0.25) is 13.9 Å². The van der Waals surface area contributed by atoms with Crippen molar-refractivity contribution in [2.45, 2.75) is 18.9 Å². The van der Waals surface area contributed by atoms with Crippen molar-refractivity contribution >= 4 is 22.8 Å². The number of thioether (sulfide) groups is 1. The van der Waals surface area contributed by atoms with E-state index >= 15 is 0 Å². The molecular weight excluding hydrogens is 348 g/mol. The summed E-state index contributed by atoms with van der Waals surface area (Å²) in [7, 11) is 3.08. The minimum Gasteiger partial charge on any atom is -0.280 e. The third kappa shape index (κ3) is 3.10. The van der Waals surface area contributed by atoms with Crippen LogP contribution in [0.25, 0.3) is 22.4 Å². The summed E-state index contributed by atoms with van der Waals surface area (Å²) in [5.41, 5.74) is 2.60. The van der Waals surface area contributed by atoms with E-state index in [0.29, 0.717) is 27.6 Å². The van der Waals surface area contributed by atoms with E-state index in [4.69, 9.17) is 0 Å². The van der Waals surface area contributed by atoms with E-state index in [1.807, 2.05) is 26.0 Å². The number of hydrogen-bond acceptors (Lipinski definition) is 5. The molecule has 2 heterocycles. The lowest BCUT2D eigenvalue weighted by Crippen LogP contribution is -2.37. The van der Waals surface area contributed by atoms with Crippen LogP contribution in [0.5, 0.6) is 0 Å². The van der Waals surface area contributed by atoms with Crippen molar-refractivity contribution in [3.8, 4) is 11.4 Å². The van der Waals surface area contributed by atoms with Crippen molar-refractivity contribution in [2.75, 3.05) is 5.75 Å². The second kappa shape index (κ2) is 6.92. The van der Waals surface area contributed by atoms with E-state index in [1.54, 1.807) is 13.1 Å². The van der Waals surface area contributed by atoms with E-state index in [2.05, 4.69) is 22.6 Å². The minimum absolute atomic E-state index is 0.342. The molecule has 3 rings (SSSR count). The van der Waals surface area contributed by atoms with Crippen molar-refractivity contribution in [1.29, 1.82) is 0 Å². The SMILES string of the molecule is C=CCSc1nc(-c2cc(C)cc(C)c2)nc2c1c(=O)n(C)c(=O)n2C. The van der Waals surface area contributed by atoms with Gasteiger partial charge in [0.25, 0.3) is 5.56 Å². The van der Waals surface area contributed by atoms with Crippen LogP contribution in [0.1, 0.15) is 11.1 Å². The molecule has 0 bridgehead atoms. The zero-order chi connectivity index (χ0) is 19.0. The predicted molar refractivity (Wildman–Crippen MR) is 106 cm³/mol. The first kappa shape index (κ1) is 18.1. The van der Waals surface area contributed by atoms with Crippen LogP contribution in [0.2, 0.25) is 0 Å². The first-order chi connectivity index (χ1) is 12.3. The largest absolute Gasteiger partial charge is 0.332 e. The Balaban J connectivity index is 2.42. The summed E-state index contributed by atoms with van der Waals surface area (Å²) in [6, 6.07) is 6.06.